The second-order valence-corrected chi connectivity index (χ2v) is 7.05. The van der Waals surface area contributed by atoms with Crippen molar-refractivity contribution in [2.75, 3.05) is 0 Å². The number of fused-ring (bicyclic) bond motifs is 1. The maximum Gasteiger partial charge on any atom is 0.184 e. The lowest BCUT2D eigenvalue weighted by atomic mass is 10.0. The summed E-state index contributed by atoms with van der Waals surface area (Å²) in [5.74, 6) is 0.0529. The van der Waals surface area contributed by atoms with E-state index in [0.717, 1.165) is 22.9 Å². The van der Waals surface area contributed by atoms with Crippen molar-refractivity contribution in [1.82, 2.24) is 20.2 Å². The van der Waals surface area contributed by atoms with Crippen LogP contribution in [-0.2, 0) is 6.42 Å². The van der Waals surface area contributed by atoms with Gasteiger partial charge in [0, 0.05) is 22.7 Å². The first kappa shape index (κ1) is 16.6. The van der Waals surface area contributed by atoms with Crippen LogP contribution in [0.5, 0.6) is 0 Å². The Morgan fingerprint density at radius 3 is 2.73 bits per heavy atom. The van der Waals surface area contributed by atoms with E-state index in [9.17, 15) is 4.79 Å². The maximum absolute atomic E-state index is 13.4. The van der Waals surface area contributed by atoms with Crippen molar-refractivity contribution in [3.8, 4) is 0 Å². The van der Waals surface area contributed by atoms with Gasteiger partial charge in [0.15, 0.2) is 10.9 Å². The molecular formula is C20H18N4OS. The van der Waals surface area contributed by atoms with E-state index in [1.54, 1.807) is 0 Å². The molecule has 6 heteroatoms. The molecule has 2 heterocycles. The Labute approximate surface area is 155 Å². The number of rotatable bonds is 6. The van der Waals surface area contributed by atoms with E-state index in [1.165, 1.54) is 23.7 Å². The molecule has 2 N–H and O–H groups in total. The van der Waals surface area contributed by atoms with Crippen molar-refractivity contribution in [3.05, 3.63) is 77.7 Å². The van der Waals surface area contributed by atoms with Crippen LogP contribution in [0.15, 0.2) is 66.2 Å². The Bertz CT molecular complexity index is 1020. The number of benzene rings is 2. The number of aromatic nitrogens is 4. The molecule has 0 radical (unpaired) electrons. The number of nitrogens with zero attached hydrogens (tertiary/aromatic N) is 2. The molecule has 5 nitrogen and oxygen atoms in total. The van der Waals surface area contributed by atoms with Crippen molar-refractivity contribution in [1.29, 1.82) is 0 Å². The highest BCUT2D eigenvalue weighted by atomic mass is 32.2. The first-order chi connectivity index (χ1) is 12.8. The number of nitrogens with one attached hydrogen (secondary N) is 2. The largest absolute Gasteiger partial charge is 0.360 e. The van der Waals surface area contributed by atoms with Gasteiger partial charge in [-0.15, -0.1) is 0 Å². The molecule has 0 aliphatic carbocycles. The third kappa shape index (κ3) is 3.04. The molecule has 0 aliphatic rings. The number of para-hydroxylation sites is 1. The Hall–Kier alpha value is -2.86. The molecule has 2 aromatic heterocycles. The summed E-state index contributed by atoms with van der Waals surface area (Å²) < 4.78 is 0. The molecule has 26 heavy (non-hydrogen) atoms. The summed E-state index contributed by atoms with van der Waals surface area (Å²) in [5, 5.41) is 7.92. The van der Waals surface area contributed by atoms with Crippen LogP contribution in [0.2, 0.25) is 0 Å². The van der Waals surface area contributed by atoms with E-state index in [2.05, 4.69) is 33.2 Å². The Morgan fingerprint density at radius 2 is 2.00 bits per heavy atom. The van der Waals surface area contributed by atoms with Crippen LogP contribution in [0.25, 0.3) is 10.9 Å². The molecule has 1 atom stereocenters. The fourth-order valence-electron chi connectivity index (χ4n) is 3.12. The van der Waals surface area contributed by atoms with E-state index in [1.807, 2.05) is 48.7 Å². The van der Waals surface area contributed by atoms with Crippen molar-refractivity contribution in [2.24, 2.45) is 0 Å². The molecule has 0 amide bonds. The number of hydrogen-bond donors (Lipinski definition) is 2. The molecule has 0 bridgehead atoms. The lowest BCUT2D eigenvalue weighted by Crippen LogP contribution is -2.10. The summed E-state index contributed by atoms with van der Waals surface area (Å²) in [7, 11) is 0. The molecule has 4 aromatic rings. The van der Waals surface area contributed by atoms with Gasteiger partial charge in [0.2, 0.25) is 0 Å². The lowest BCUT2D eigenvalue weighted by Gasteiger charge is -2.14. The highest BCUT2D eigenvalue weighted by molar-refractivity contribution is 8.00. The monoisotopic (exact) mass is 362 g/mol. The van der Waals surface area contributed by atoms with E-state index < -0.39 is 5.25 Å². The highest BCUT2D eigenvalue weighted by Crippen LogP contribution is 2.37. The van der Waals surface area contributed by atoms with Crippen LogP contribution in [0.3, 0.4) is 0 Å². The molecule has 2 aromatic carbocycles. The predicted molar refractivity (Wildman–Crippen MR) is 103 cm³/mol. The number of Topliss-reactive ketones (excluding diaryl/α,β-unsaturated/α-hetero) is 1. The molecule has 0 saturated carbocycles. The molecule has 0 aliphatic heterocycles. The normalized spacial score (nSPS) is 12.3. The predicted octanol–water partition coefficient (Wildman–Crippen LogP) is 4.56. The zero-order valence-electron chi connectivity index (χ0n) is 14.3. The first-order valence-corrected chi connectivity index (χ1v) is 9.36. The zero-order chi connectivity index (χ0) is 17.9. The summed E-state index contributed by atoms with van der Waals surface area (Å²) in [6, 6.07) is 15.9. The fourth-order valence-corrected chi connectivity index (χ4v) is 4.08. The Balaban J connectivity index is 1.77. The fraction of sp³-hybridized carbons (Fsp3) is 0.150. The molecular weight excluding hydrogens is 344 g/mol. The maximum atomic E-state index is 13.4. The Kier molecular flexibility index (Phi) is 4.58. The van der Waals surface area contributed by atoms with Gasteiger partial charge >= 0.3 is 0 Å². The van der Waals surface area contributed by atoms with E-state index >= 15 is 0 Å². The summed E-state index contributed by atoms with van der Waals surface area (Å²) in [6.07, 6.45) is 4.19. The average molecular weight is 362 g/mol. The SMILES string of the molecule is CCc1cccc2c(C(=O)[C@H](Sc3ncn[nH]3)c3ccccc3)c[nH]c12. The van der Waals surface area contributed by atoms with Crippen molar-refractivity contribution in [2.45, 2.75) is 23.8 Å². The van der Waals surface area contributed by atoms with Gasteiger partial charge in [0.05, 0.1) is 0 Å². The molecule has 0 fully saturated rings. The van der Waals surface area contributed by atoms with E-state index in [0.29, 0.717) is 10.7 Å². The van der Waals surface area contributed by atoms with Gasteiger partial charge in [-0.25, -0.2) is 4.98 Å². The van der Waals surface area contributed by atoms with Crippen molar-refractivity contribution >= 4 is 28.4 Å². The smallest absolute Gasteiger partial charge is 0.184 e. The molecule has 0 spiro atoms. The summed E-state index contributed by atoms with van der Waals surface area (Å²) >= 11 is 1.38. The highest BCUT2D eigenvalue weighted by Gasteiger charge is 2.26. The summed E-state index contributed by atoms with van der Waals surface area (Å²) in [4.78, 5) is 20.9. The Morgan fingerprint density at radius 1 is 1.15 bits per heavy atom. The van der Waals surface area contributed by atoms with Crippen LogP contribution < -0.4 is 0 Å². The minimum absolute atomic E-state index is 0.0529. The number of ketones is 1. The number of thioether (sulfide) groups is 1. The van der Waals surface area contributed by atoms with Gasteiger partial charge in [-0.05, 0) is 17.5 Å². The lowest BCUT2D eigenvalue weighted by molar-refractivity contribution is 0.0991. The minimum atomic E-state index is -0.395. The topological polar surface area (TPSA) is 74.4 Å². The third-order valence-corrected chi connectivity index (χ3v) is 5.55. The van der Waals surface area contributed by atoms with Crippen molar-refractivity contribution in [3.63, 3.8) is 0 Å². The average Bonchev–Trinajstić information content (AvgIpc) is 3.35. The van der Waals surface area contributed by atoms with Crippen LogP contribution in [-0.4, -0.2) is 25.9 Å². The van der Waals surface area contributed by atoms with E-state index in [-0.39, 0.29) is 5.78 Å². The molecule has 0 unspecified atom stereocenters. The zero-order valence-corrected chi connectivity index (χ0v) is 15.1. The molecule has 130 valence electrons. The number of aromatic amines is 2. The van der Waals surface area contributed by atoms with Crippen LogP contribution in [0.1, 0.15) is 33.7 Å². The van der Waals surface area contributed by atoms with Gasteiger partial charge in [0.25, 0.3) is 0 Å². The quantitative estimate of drug-likeness (QED) is 0.389. The summed E-state index contributed by atoms with van der Waals surface area (Å²) in [6.45, 7) is 2.11. The van der Waals surface area contributed by atoms with Crippen LogP contribution in [0, 0.1) is 0 Å². The number of carbonyl (C=O) groups is 1. The number of hydrogen-bond acceptors (Lipinski definition) is 4. The van der Waals surface area contributed by atoms with Crippen LogP contribution >= 0.6 is 11.8 Å². The number of H-pyrrole nitrogens is 2. The second-order valence-electron chi connectivity index (χ2n) is 5.96. The number of carbonyl (C=O) groups excluding carboxylic acids is 1. The first-order valence-electron chi connectivity index (χ1n) is 8.48. The van der Waals surface area contributed by atoms with Crippen molar-refractivity contribution < 1.29 is 4.79 Å². The molecule has 4 rings (SSSR count). The van der Waals surface area contributed by atoms with Gasteiger partial charge in [-0.3, -0.25) is 9.89 Å². The van der Waals surface area contributed by atoms with Gasteiger partial charge in [-0.2, -0.15) is 5.10 Å². The standard InChI is InChI=1S/C20H18N4OS/c1-2-13-9-6-10-15-16(11-21-17(13)15)18(25)19(14-7-4-3-5-8-14)26-20-22-12-23-24-20/h3-12,19,21H,2H2,1H3,(H,22,23,24)/t19-/m1/s1. The van der Waals surface area contributed by atoms with Gasteiger partial charge in [0.1, 0.15) is 11.6 Å². The van der Waals surface area contributed by atoms with E-state index in [4.69, 9.17) is 0 Å². The summed E-state index contributed by atoms with van der Waals surface area (Å²) in [5.41, 5.74) is 3.89. The van der Waals surface area contributed by atoms with Gasteiger partial charge in [-0.1, -0.05) is 67.2 Å². The second kappa shape index (κ2) is 7.17. The molecule has 0 saturated heterocycles. The third-order valence-electron chi connectivity index (χ3n) is 4.41. The van der Waals surface area contributed by atoms with Gasteiger partial charge < -0.3 is 4.98 Å². The van der Waals surface area contributed by atoms with Crippen LogP contribution in [0.4, 0.5) is 0 Å². The number of aryl methyl sites for hydroxylation is 1. The minimum Gasteiger partial charge on any atom is -0.360 e.